The Morgan fingerprint density at radius 3 is 2.58 bits per heavy atom. The zero-order valence-electron chi connectivity index (χ0n) is 8.00. The fourth-order valence-electron chi connectivity index (χ4n) is 2.69. The summed E-state index contributed by atoms with van der Waals surface area (Å²) in [6.07, 6.45) is 5.31. The van der Waals surface area contributed by atoms with Gasteiger partial charge in [-0.2, -0.15) is 0 Å². The minimum atomic E-state index is 0.468. The van der Waals surface area contributed by atoms with Crippen molar-refractivity contribution in [2.24, 2.45) is 11.7 Å². The maximum absolute atomic E-state index is 6.06. The third-order valence-corrected chi connectivity index (χ3v) is 3.46. The van der Waals surface area contributed by atoms with Crippen LogP contribution < -0.4 is 5.73 Å². The number of nitrogens with zero attached hydrogens (tertiary/aromatic N) is 1. The van der Waals surface area contributed by atoms with Gasteiger partial charge in [0.25, 0.3) is 0 Å². The van der Waals surface area contributed by atoms with Crippen molar-refractivity contribution in [2.75, 3.05) is 13.1 Å². The van der Waals surface area contributed by atoms with E-state index in [1.54, 1.807) is 0 Å². The van der Waals surface area contributed by atoms with Crippen LogP contribution in [0.4, 0.5) is 0 Å². The first-order valence-corrected chi connectivity index (χ1v) is 5.27. The van der Waals surface area contributed by atoms with E-state index in [0.717, 1.165) is 12.0 Å². The largest absolute Gasteiger partial charge is 0.326 e. The minimum Gasteiger partial charge on any atom is -0.326 e. The molecule has 3 atom stereocenters. The lowest BCUT2D eigenvalue weighted by atomic mass is 10.1. The molecule has 2 heteroatoms. The van der Waals surface area contributed by atoms with Gasteiger partial charge in [-0.05, 0) is 31.7 Å². The van der Waals surface area contributed by atoms with E-state index in [9.17, 15) is 0 Å². The molecule has 0 amide bonds. The average Bonchev–Trinajstić information content (AvgIpc) is 2.58. The van der Waals surface area contributed by atoms with E-state index in [1.807, 2.05) is 0 Å². The smallest absolute Gasteiger partial charge is 0.0247 e. The van der Waals surface area contributed by atoms with Crippen LogP contribution in [-0.4, -0.2) is 30.1 Å². The third-order valence-electron chi connectivity index (χ3n) is 3.46. The molecule has 1 saturated heterocycles. The second-order valence-corrected chi connectivity index (χ2v) is 4.55. The number of likely N-dealkylation sites (tertiary alicyclic amines) is 1. The Morgan fingerprint density at radius 2 is 2.08 bits per heavy atom. The van der Waals surface area contributed by atoms with Gasteiger partial charge in [0.2, 0.25) is 0 Å². The SMILES string of the molecule is CC1CCN(C2CCCC2N)C1. The van der Waals surface area contributed by atoms with Crippen LogP contribution in [0.3, 0.4) is 0 Å². The Hall–Kier alpha value is -0.0800. The van der Waals surface area contributed by atoms with Crippen molar-refractivity contribution in [2.45, 2.75) is 44.7 Å². The van der Waals surface area contributed by atoms with Crippen molar-refractivity contribution in [3.63, 3.8) is 0 Å². The van der Waals surface area contributed by atoms with Gasteiger partial charge in [0, 0.05) is 18.6 Å². The molecule has 2 nitrogen and oxygen atoms in total. The lowest BCUT2D eigenvalue weighted by molar-refractivity contribution is 0.222. The van der Waals surface area contributed by atoms with E-state index < -0.39 is 0 Å². The van der Waals surface area contributed by atoms with E-state index in [1.165, 1.54) is 38.8 Å². The molecule has 0 bridgehead atoms. The molecule has 3 unspecified atom stereocenters. The highest BCUT2D eigenvalue weighted by Crippen LogP contribution is 2.27. The molecular weight excluding hydrogens is 148 g/mol. The molecule has 2 rings (SSSR count). The summed E-state index contributed by atoms with van der Waals surface area (Å²) < 4.78 is 0. The van der Waals surface area contributed by atoms with Gasteiger partial charge >= 0.3 is 0 Å². The number of hydrogen-bond donors (Lipinski definition) is 1. The van der Waals surface area contributed by atoms with Crippen molar-refractivity contribution in [3.05, 3.63) is 0 Å². The molecule has 1 saturated carbocycles. The van der Waals surface area contributed by atoms with Gasteiger partial charge in [-0.1, -0.05) is 13.3 Å². The van der Waals surface area contributed by atoms with Crippen LogP contribution in [0.1, 0.15) is 32.6 Å². The molecular formula is C10H20N2. The van der Waals surface area contributed by atoms with E-state index in [0.29, 0.717) is 6.04 Å². The van der Waals surface area contributed by atoms with Crippen LogP contribution in [0.5, 0.6) is 0 Å². The quantitative estimate of drug-likeness (QED) is 0.637. The van der Waals surface area contributed by atoms with E-state index >= 15 is 0 Å². The lowest BCUT2D eigenvalue weighted by Gasteiger charge is -2.27. The predicted octanol–water partition coefficient (Wildman–Crippen LogP) is 1.21. The lowest BCUT2D eigenvalue weighted by Crippen LogP contribution is -2.43. The van der Waals surface area contributed by atoms with Crippen molar-refractivity contribution in [1.29, 1.82) is 0 Å². The Bertz CT molecular complexity index is 158. The molecule has 1 aliphatic heterocycles. The van der Waals surface area contributed by atoms with Crippen LogP contribution in [0.15, 0.2) is 0 Å². The van der Waals surface area contributed by atoms with Crippen molar-refractivity contribution in [3.8, 4) is 0 Å². The summed E-state index contributed by atoms with van der Waals surface area (Å²) in [4.78, 5) is 2.61. The fraction of sp³-hybridized carbons (Fsp3) is 1.00. The second kappa shape index (κ2) is 3.35. The highest BCUT2D eigenvalue weighted by Gasteiger charge is 2.32. The van der Waals surface area contributed by atoms with Gasteiger partial charge in [0.1, 0.15) is 0 Å². The Balaban J connectivity index is 1.91. The van der Waals surface area contributed by atoms with Gasteiger partial charge in [-0.25, -0.2) is 0 Å². The van der Waals surface area contributed by atoms with Crippen molar-refractivity contribution >= 4 is 0 Å². The fourth-order valence-corrected chi connectivity index (χ4v) is 2.69. The molecule has 70 valence electrons. The number of rotatable bonds is 1. The highest BCUT2D eigenvalue weighted by atomic mass is 15.2. The third kappa shape index (κ3) is 1.50. The Kier molecular flexibility index (Phi) is 2.37. The summed E-state index contributed by atoms with van der Waals surface area (Å²) in [7, 11) is 0. The normalized spacial score (nSPS) is 44.0. The van der Waals surface area contributed by atoms with Crippen LogP contribution in [0, 0.1) is 5.92 Å². The topological polar surface area (TPSA) is 29.3 Å². The van der Waals surface area contributed by atoms with Crippen LogP contribution >= 0.6 is 0 Å². The molecule has 0 aromatic rings. The van der Waals surface area contributed by atoms with E-state index in [-0.39, 0.29) is 0 Å². The Labute approximate surface area is 75.1 Å². The predicted molar refractivity (Wildman–Crippen MR) is 51.0 cm³/mol. The monoisotopic (exact) mass is 168 g/mol. The molecule has 0 spiro atoms. The first-order chi connectivity index (χ1) is 5.77. The van der Waals surface area contributed by atoms with Crippen LogP contribution in [-0.2, 0) is 0 Å². The Morgan fingerprint density at radius 1 is 1.25 bits per heavy atom. The molecule has 0 aromatic heterocycles. The van der Waals surface area contributed by atoms with Gasteiger partial charge in [-0.15, -0.1) is 0 Å². The molecule has 2 N–H and O–H groups in total. The molecule has 1 aliphatic carbocycles. The molecule has 0 radical (unpaired) electrons. The highest BCUT2D eigenvalue weighted by molar-refractivity contribution is 4.90. The maximum atomic E-state index is 6.06. The van der Waals surface area contributed by atoms with Crippen molar-refractivity contribution < 1.29 is 0 Å². The molecule has 0 aromatic carbocycles. The van der Waals surface area contributed by atoms with E-state index in [2.05, 4.69) is 11.8 Å². The summed E-state index contributed by atoms with van der Waals surface area (Å²) in [5.41, 5.74) is 6.06. The van der Waals surface area contributed by atoms with Gasteiger partial charge < -0.3 is 5.73 Å². The molecule has 2 fully saturated rings. The molecule has 12 heavy (non-hydrogen) atoms. The zero-order valence-corrected chi connectivity index (χ0v) is 8.00. The van der Waals surface area contributed by atoms with Crippen LogP contribution in [0.25, 0.3) is 0 Å². The summed E-state index contributed by atoms with van der Waals surface area (Å²) in [5, 5.41) is 0. The van der Waals surface area contributed by atoms with E-state index in [4.69, 9.17) is 5.73 Å². The summed E-state index contributed by atoms with van der Waals surface area (Å²) in [6, 6.07) is 1.19. The van der Waals surface area contributed by atoms with Crippen molar-refractivity contribution in [1.82, 2.24) is 4.90 Å². The van der Waals surface area contributed by atoms with Gasteiger partial charge in [0.15, 0.2) is 0 Å². The standard InChI is InChI=1S/C10H20N2/c1-8-5-6-12(7-8)10-4-2-3-9(10)11/h8-10H,2-7,11H2,1H3. The summed E-state index contributed by atoms with van der Waals surface area (Å²) in [6.45, 7) is 4.93. The average molecular weight is 168 g/mol. The second-order valence-electron chi connectivity index (χ2n) is 4.55. The minimum absolute atomic E-state index is 0.468. The molecule has 1 heterocycles. The summed E-state index contributed by atoms with van der Waals surface area (Å²) in [5.74, 6) is 0.901. The summed E-state index contributed by atoms with van der Waals surface area (Å²) >= 11 is 0. The van der Waals surface area contributed by atoms with Gasteiger partial charge in [0.05, 0.1) is 0 Å². The zero-order chi connectivity index (χ0) is 8.55. The van der Waals surface area contributed by atoms with Crippen LogP contribution in [0.2, 0.25) is 0 Å². The number of nitrogens with two attached hydrogens (primary N) is 1. The van der Waals surface area contributed by atoms with Gasteiger partial charge in [-0.3, -0.25) is 4.90 Å². The first-order valence-electron chi connectivity index (χ1n) is 5.27. The number of hydrogen-bond acceptors (Lipinski definition) is 2. The first kappa shape index (κ1) is 8.52. The molecule has 2 aliphatic rings. The maximum Gasteiger partial charge on any atom is 0.0247 e.